The summed E-state index contributed by atoms with van der Waals surface area (Å²) in [5.74, 6) is 2.37. The SMILES string of the molecule is Cc1ccc(Nc2cc(-c3nc(N4CCNCC4)c4c(C5CC5)cncc4n3)ccn2)c(F)c1. The van der Waals surface area contributed by atoms with E-state index in [1.54, 1.807) is 12.3 Å². The average Bonchev–Trinajstić information content (AvgIpc) is 3.71. The van der Waals surface area contributed by atoms with Crippen LogP contribution in [0.15, 0.2) is 48.9 Å². The molecule has 0 spiro atoms. The summed E-state index contributed by atoms with van der Waals surface area (Å²) in [6.45, 7) is 5.51. The van der Waals surface area contributed by atoms with Gasteiger partial charge in [0.2, 0.25) is 0 Å². The van der Waals surface area contributed by atoms with E-state index in [1.807, 2.05) is 37.5 Å². The minimum atomic E-state index is -0.311. The number of anilines is 3. The lowest BCUT2D eigenvalue weighted by Crippen LogP contribution is -2.44. The van der Waals surface area contributed by atoms with Crippen molar-refractivity contribution in [3.8, 4) is 11.4 Å². The van der Waals surface area contributed by atoms with Gasteiger partial charge in [0.05, 0.1) is 17.4 Å². The molecule has 1 aromatic carbocycles. The first-order chi connectivity index (χ1) is 16.7. The summed E-state index contributed by atoms with van der Waals surface area (Å²) in [6, 6.07) is 8.84. The van der Waals surface area contributed by atoms with Crippen LogP contribution in [0.3, 0.4) is 0 Å². The highest BCUT2D eigenvalue weighted by Crippen LogP contribution is 2.44. The molecular formula is C26H26FN7. The molecule has 2 aliphatic rings. The maximum Gasteiger partial charge on any atom is 0.162 e. The van der Waals surface area contributed by atoms with Gasteiger partial charge in [0, 0.05) is 49.5 Å². The van der Waals surface area contributed by atoms with Gasteiger partial charge >= 0.3 is 0 Å². The highest BCUT2D eigenvalue weighted by atomic mass is 19.1. The molecule has 2 N–H and O–H groups in total. The molecule has 34 heavy (non-hydrogen) atoms. The van der Waals surface area contributed by atoms with E-state index in [4.69, 9.17) is 9.97 Å². The van der Waals surface area contributed by atoms with Gasteiger partial charge in [0.15, 0.2) is 5.82 Å². The first-order valence-electron chi connectivity index (χ1n) is 11.8. The second kappa shape index (κ2) is 8.61. The molecule has 0 atom stereocenters. The Morgan fingerprint density at radius 3 is 2.71 bits per heavy atom. The molecule has 1 saturated heterocycles. The van der Waals surface area contributed by atoms with E-state index in [2.05, 4.69) is 25.5 Å². The van der Waals surface area contributed by atoms with Crippen molar-refractivity contribution in [3.63, 3.8) is 0 Å². The van der Waals surface area contributed by atoms with Crippen LogP contribution in [0, 0.1) is 12.7 Å². The molecule has 0 bridgehead atoms. The molecular weight excluding hydrogens is 429 g/mol. The predicted molar refractivity (Wildman–Crippen MR) is 132 cm³/mol. The number of nitrogens with zero attached hydrogens (tertiary/aromatic N) is 5. The van der Waals surface area contributed by atoms with Gasteiger partial charge in [-0.3, -0.25) is 4.98 Å². The number of halogens is 1. The van der Waals surface area contributed by atoms with Crippen molar-refractivity contribution in [2.45, 2.75) is 25.7 Å². The number of hydrogen-bond acceptors (Lipinski definition) is 7. The van der Waals surface area contributed by atoms with E-state index in [9.17, 15) is 4.39 Å². The molecule has 8 heteroatoms. The topological polar surface area (TPSA) is 78.9 Å². The summed E-state index contributed by atoms with van der Waals surface area (Å²) in [7, 11) is 0. The number of benzene rings is 1. The Morgan fingerprint density at radius 2 is 1.91 bits per heavy atom. The molecule has 0 unspecified atom stereocenters. The average molecular weight is 456 g/mol. The Kier molecular flexibility index (Phi) is 5.30. The Hall–Kier alpha value is -3.65. The van der Waals surface area contributed by atoms with E-state index in [0.29, 0.717) is 23.2 Å². The number of piperazine rings is 1. The number of aromatic nitrogens is 4. The zero-order valence-corrected chi connectivity index (χ0v) is 19.1. The molecule has 1 saturated carbocycles. The lowest BCUT2D eigenvalue weighted by Gasteiger charge is -2.30. The number of rotatable bonds is 5. The molecule has 172 valence electrons. The third kappa shape index (κ3) is 4.05. The lowest BCUT2D eigenvalue weighted by atomic mass is 10.1. The number of aryl methyl sites for hydroxylation is 1. The van der Waals surface area contributed by atoms with Gasteiger partial charge in [-0.1, -0.05) is 6.07 Å². The van der Waals surface area contributed by atoms with Crippen LogP contribution in [0.1, 0.15) is 29.9 Å². The quantitative estimate of drug-likeness (QED) is 0.457. The van der Waals surface area contributed by atoms with Crippen LogP contribution in [0.25, 0.3) is 22.3 Å². The molecule has 4 aromatic rings. The van der Waals surface area contributed by atoms with Gasteiger partial charge in [-0.2, -0.15) is 0 Å². The first-order valence-corrected chi connectivity index (χ1v) is 11.8. The zero-order chi connectivity index (χ0) is 23.1. The second-order valence-corrected chi connectivity index (χ2v) is 9.04. The van der Waals surface area contributed by atoms with Gasteiger partial charge in [0.1, 0.15) is 17.5 Å². The molecule has 4 heterocycles. The third-order valence-electron chi connectivity index (χ3n) is 6.46. The Morgan fingerprint density at radius 1 is 1.06 bits per heavy atom. The summed E-state index contributed by atoms with van der Waals surface area (Å²) in [5.41, 5.74) is 4.19. The lowest BCUT2D eigenvalue weighted by molar-refractivity contribution is 0.586. The zero-order valence-electron chi connectivity index (χ0n) is 19.1. The third-order valence-corrected chi connectivity index (χ3v) is 6.46. The number of fused-ring (bicyclic) bond motifs is 1. The maximum absolute atomic E-state index is 14.4. The molecule has 2 fully saturated rings. The number of nitrogens with one attached hydrogen (secondary N) is 2. The number of hydrogen-bond donors (Lipinski definition) is 2. The smallest absolute Gasteiger partial charge is 0.162 e. The van der Waals surface area contributed by atoms with Crippen molar-refractivity contribution in [1.82, 2.24) is 25.3 Å². The monoisotopic (exact) mass is 455 g/mol. The normalized spacial score (nSPS) is 16.1. The van der Waals surface area contributed by atoms with Crippen molar-refractivity contribution in [3.05, 3.63) is 65.9 Å². The van der Waals surface area contributed by atoms with Crippen molar-refractivity contribution >= 4 is 28.2 Å². The molecule has 1 aliphatic carbocycles. The molecule has 3 aromatic heterocycles. The van der Waals surface area contributed by atoms with Crippen molar-refractivity contribution < 1.29 is 4.39 Å². The summed E-state index contributed by atoms with van der Waals surface area (Å²) in [5, 5.41) is 7.63. The van der Waals surface area contributed by atoms with Crippen LogP contribution < -0.4 is 15.5 Å². The molecule has 0 radical (unpaired) electrons. The van der Waals surface area contributed by atoms with Gasteiger partial charge in [-0.05, 0) is 61.1 Å². The summed E-state index contributed by atoms with van der Waals surface area (Å²) >= 11 is 0. The predicted octanol–water partition coefficient (Wildman–Crippen LogP) is 4.56. The van der Waals surface area contributed by atoms with E-state index in [0.717, 1.165) is 54.0 Å². The van der Waals surface area contributed by atoms with Gasteiger partial charge in [0.25, 0.3) is 0 Å². The van der Waals surface area contributed by atoms with Gasteiger partial charge in [-0.15, -0.1) is 0 Å². The van der Waals surface area contributed by atoms with Crippen LogP contribution in [0.5, 0.6) is 0 Å². The molecule has 0 amide bonds. The minimum absolute atomic E-state index is 0.311. The van der Waals surface area contributed by atoms with Gasteiger partial charge < -0.3 is 15.5 Å². The van der Waals surface area contributed by atoms with E-state index < -0.39 is 0 Å². The van der Waals surface area contributed by atoms with Crippen molar-refractivity contribution in [2.24, 2.45) is 0 Å². The fourth-order valence-electron chi connectivity index (χ4n) is 4.52. The van der Waals surface area contributed by atoms with Crippen molar-refractivity contribution in [1.29, 1.82) is 0 Å². The second-order valence-electron chi connectivity index (χ2n) is 9.04. The minimum Gasteiger partial charge on any atom is -0.353 e. The van der Waals surface area contributed by atoms with E-state index >= 15 is 0 Å². The van der Waals surface area contributed by atoms with Crippen LogP contribution in [-0.2, 0) is 0 Å². The van der Waals surface area contributed by atoms with Crippen LogP contribution in [0.4, 0.5) is 21.7 Å². The largest absolute Gasteiger partial charge is 0.353 e. The summed E-state index contributed by atoms with van der Waals surface area (Å²) in [6.07, 6.45) is 7.90. The summed E-state index contributed by atoms with van der Waals surface area (Å²) in [4.78, 5) is 21.2. The molecule has 7 nitrogen and oxygen atoms in total. The summed E-state index contributed by atoms with van der Waals surface area (Å²) < 4.78 is 14.4. The molecule has 1 aliphatic heterocycles. The standard InChI is InChI=1S/C26H26FN7/c1-16-2-5-21(20(27)12-16)31-23-13-18(6-7-30-23)25-32-22-15-29-14-19(17-3-4-17)24(22)26(33-25)34-10-8-28-9-11-34/h2,5-7,12-15,17,28H,3-4,8-11H2,1H3,(H,30,31). The Labute approximate surface area is 197 Å². The Bertz CT molecular complexity index is 1360. The van der Waals surface area contributed by atoms with Crippen molar-refractivity contribution in [2.75, 3.05) is 36.4 Å². The first kappa shape index (κ1) is 20.9. The number of pyridine rings is 2. The fraction of sp³-hybridized carbons (Fsp3) is 0.308. The van der Waals surface area contributed by atoms with E-state index in [1.165, 1.54) is 24.5 Å². The van der Waals surface area contributed by atoms with Crippen LogP contribution in [0.2, 0.25) is 0 Å². The van der Waals surface area contributed by atoms with Crippen LogP contribution in [-0.4, -0.2) is 46.1 Å². The maximum atomic E-state index is 14.4. The van der Waals surface area contributed by atoms with Gasteiger partial charge in [-0.25, -0.2) is 19.3 Å². The van der Waals surface area contributed by atoms with Crippen LogP contribution >= 0.6 is 0 Å². The fourth-order valence-corrected chi connectivity index (χ4v) is 4.52. The molecule has 6 rings (SSSR count). The van der Waals surface area contributed by atoms with E-state index in [-0.39, 0.29) is 5.82 Å². The highest BCUT2D eigenvalue weighted by molar-refractivity contribution is 5.94. The Balaban J connectivity index is 1.43. The highest BCUT2D eigenvalue weighted by Gasteiger charge is 2.29.